The predicted molar refractivity (Wildman–Crippen MR) is 91.2 cm³/mol. The molecule has 1 aliphatic rings. The van der Waals surface area contributed by atoms with E-state index in [2.05, 4.69) is 5.10 Å². The van der Waals surface area contributed by atoms with Crippen LogP contribution in [0.1, 0.15) is 32.8 Å². The van der Waals surface area contributed by atoms with Gasteiger partial charge in [-0.1, -0.05) is 0 Å². The molecule has 2 rings (SSSR count). The summed E-state index contributed by atoms with van der Waals surface area (Å²) < 4.78 is 7.09. The third kappa shape index (κ3) is 5.40. The molecule has 7 heteroatoms. The highest BCUT2D eigenvalue weighted by molar-refractivity contribution is 5.91. The number of hydrogen-bond acceptors (Lipinski definition) is 4. The summed E-state index contributed by atoms with van der Waals surface area (Å²) in [5, 5.41) is 4.06. The van der Waals surface area contributed by atoms with Crippen LogP contribution in [0.2, 0.25) is 0 Å². The Hall–Kier alpha value is -2.31. The lowest BCUT2D eigenvalue weighted by Gasteiger charge is -2.26. The standard InChI is InChI=1S/C17H26N4O3/c1-17(2,3)24-16(23)21-9-5-8-20(10-11-21)15(22)7-6-14-12-18-19(4)13-14/h6-7,12-13H,5,8-11H2,1-4H3. The van der Waals surface area contributed by atoms with E-state index in [4.69, 9.17) is 4.74 Å². The molecule has 24 heavy (non-hydrogen) atoms. The molecule has 132 valence electrons. The number of rotatable bonds is 2. The minimum Gasteiger partial charge on any atom is -0.444 e. The minimum atomic E-state index is -0.509. The Morgan fingerprint density at radius 2 is 1.83 bits per heavy atom. The Morgan fingerprint density at radius 3 is 2.46 bits per heavy atom. The fraction of sp³-hybridized carbons (Fsp3) is 0.588. The summed E-state index contributed by atoms with van der Waals surface area (Å²) >= 11 is 0. The van der Waals surface area contributed by atoms with Crippen molar-refractivity contribution in [3.63, 3.8) is 0 Å². The van der Waals surface area contributed by atoms with Crippen LogP contribution in [-0.2, 0) is 16.6 Å². The largest absolute Gasteiger partial charge is 0.444 e. The molecule has 0 saturated carbocycles. The molecule has 1 aromatic heterocycles. The molecule has 0 aromatic carbocycles. The van der Waals surface area contributed by atoms with Gasteiger partial charge in [-0.05, 0) is 33.3 Å². The van der Waals surface area contributed by atoms with Crippen LogP contribution in [-0.4, -0.2) is 63.4 Å². The second kappa shape index (κ2) is 7.51. The van der Waals surface area contributed by atoms with Gasteiger partial charge in [0.1, 0.15) is 5.60 Å². The average Bonchev–Trinajstić information content (AvgIpc) is 2.74. The Morgan fingerprint density at radius 1 is 1.17 bits per heavy atom. The SMILES string of the molecule is Cn1cc(C=CC(=O)N2CCCN(C(=O)OC(C)(C)C)CC2)cn1. The smallest absolute Gasteiger partial charge is 0.410 e. The summed E-state index contributed by atoms with van der Waals surface area (Å²) in [5.41, 5.74) is 0.377. The van der Waals surface area contributed by atoms with E-state index in [1.54, 1.807) is 32.8 Å². The van der Waals surface area contributed by atoms with E-state index >= 15 is 0 Å². The van der Waals surface area contributed by atoms with Crippen LogP contribution in [0.25, 0.3) is 6.08 Å². The van der Waals surface area contributed by atoms with Crippen molar-refractivity contribution in [3.05, 3.63) is 24.0 Å². The van der Waals surface area contributed by atoms with E-state index in [0.29, 0.717) is 26.2 Å². The molecule has 2 heterocycles. The van der Waals surface area contributed by atoms with Crippen molar-refractivity contribution in [2.75, 3.05) is 26.2 Å². The van der Waals surface area contributed by atoms with Gasteiger partial charge in [0, 0.05) is 51.1 Å². The van der Waals surface area contributed by atoms with Crippen LogP contribution in [0, 0.1) is 0 Å². The summed E-state index contributed by atoms with van der Waals surface area (Å²) in [6.07, 6.45) is 7.28. The number of hydrogen-bond donors (Lipinski definition) is 0. The fourth-order valence-electron chi connectivity index (χ4n) is 2.45. The predicted octanol–water partition coefficient (Wildman–Crippen LogP) is 1.90. The number of aromatic nitrogens is 2. The normalized spacial score (nSPS) is 16.3. The molecule has 0 unspecified atom stereocenters. The van der Waals surface area contributed by atoms with Crippen molar-refractivity contribution in [1.29, 1.82) is 0 Å². The maximum atomic E-state index is 12.3. The van der Waals surface area contributed by atoms with Crippen LogP contribution in [0.4, 0.5) is 4.79 Å². The Kier molecular flexibility index (Phi) is 5.64. The van der Waals surface area contributed by atoms with E-state index < -0.39 is 5.60 Å². The van der Waals surface area contributed by atoms with Crippen LogP contribution in [0.5, 0.6) is 0 Å². The van der Waals surface area contributed by atoms with Gasteiger partial charge in [-0.2, -0.15) is 5.10 Å². The molecule has 0 aliphatic carbocycles. The van der Waals surface area contributed by atoms with Crippen LogP contribution >= 0.6 is 0 Å². The minimum absolute atomic E-state index is 0.0510. The molecular formula is C17H26N4O3. The number of ether oxygens (including phenoxy) is 1. The lowest BCUT2D eigenvalue weighted by molar-refractivity contribution is -0.125. The van der Waals surface area contributed by atoms with Gasteiger partial charge in [0.05, 0.1) is 6.20 Å². The third-order valence-corrected chi connectivity index (χ3v) is 3.60. The molecule has 1 saturated heterocycles. The summed E-state index contributed by atoms with van der Waals surface area (Å²) in [5.74, 6) is -0.0510. The average molecular weight is 334 g/mol. The number of aryl methyl sites for hydroxylation is 1. The summed E-state index contributed by atoms with van der Waals surface area (Å²) in [7, 11) is 1.83. The summed E-state index contributed by atoms with van der Waals surface area (Å²) in [4.78, 5) is 27.9. The monoisotopic (exact) mass is 334 g/mol. The molecule has 1 fully saturated rings. The van der Waals surface area contributed by atoms with E-state index in [1.165, 1.54) is 0 Å². The topological polar surface area (TPSA) is 67.7 Å². The molecule has 1 aromatic rings. The summed E-state index contributed by atoms with van der Waals surface area (Å²) in [6, 6.07) is 0. The number of nitrogens with zero attached hydrogens (tertiary/aromatic N) is 4. The Bertz CT molecular complexity index is 616. The quantitative estimate of drug-likeness (QED) is 0.775. The van der Waals surface area contributed by atoms with Gasteiger partial charge >= 0.3 is 6.09 Å². The number of carbonyl (C=O) groups is 2. The Balaban J connectivity index is 1.89. The maximum absolute atomic E-state index is 12.3. The van der Waals surface area contributed by atoms with Gasteiger partial charge < -0.3 is 14.5 Å². The van der Waals surface area contributed by atoms with Gasteiger partial charge in [0.2, 0.25) is 5.91 Å². The number of carbonyl (C=O) groups excluding carboxylic acids is 2. The molecule has 2 amide bonds. The van der Waals surface area contributed by atoms with Gasteiger partial charge in [0.15, 0.2) is 0 Å². The van der Waals surface area contributed by atoms with Crippen molar-refractivity contribution >= 4 is 18.1 Å². The second-order valence-corrected chi connectivity index (χ2v) is 6.93. The first-order chi connectivity index (χ1) is 11.2. The summed E-state index contributed by atoms with van der Waals surface area (Å²) in [6.45, 7) is 7.78. The lowest BCUT2D eigenvalue weighted by atomic mass is 10.2. The highest BCUT2D eigenvalue weighted by Gasteiger charge is 2.25. The van der Waals surface area contributed by atoms with Gasteiger partial charge in [-0.15, -0.1) is 0 Å². The van der Waals surface area contributed by atoms with E-state index in [1.807, 2.05) is 34.0 Å². The molecule has 7 nitrogen and oxygen atoms in total. The van der Waals surface area contributed by atoms with Gasteiger partial charge in [0.25, 0.3) is 0 Å². The molecule has 0 N–H and O–H groups in total. The van der Waals surface area contributed by atoms with E-state index in [-0.39, 0.29) is 12.0 Å². The second-order valence-electron chi connectivity index (χ2n) is 6.93. The molecule has 0 atom stereocenters. The molecule has 1 aliphatic heterocycles. The maximum Gasteiger partial charge on any atom is 0.410 e. The van der Waals surface area contributed by atoms with E-state index in [9.17, 15) is 9.59 Å². The van der Waals surface area contributed by atoms with Crippen molar-refractivity contribution in [2.45, 2.75) is 32.8 Å². The third-order valence-electron chi connectivity index (χ3n) is 3.60. The molecular weight excluding hydrogens is 308 g/mol. The van der Waals surface area contributed by atoms with Gasteiger partial charge in [-0.25, -0.2) is 4.79 Å². The van der Waals surface area contributed by atoms with Crippen LogP contribution < -0.4 is 0 Å². The van der Waals surface area contributed by atoms with E-state index in [0.717, 1.165) is 12.0 Å². The number of amides is 2. The van der Waals surface area contributed by atoms with Crippen molar-refractivity contribution in [2.24, 2.45) is 7.05 Å². The van der Waals surface area contributed by atoms with Gasteiger partial charge in [-0.3, -0.25) is 9.48 Å². The zero-order chi connectivity index (χ0) is 17.7. The van der Waals surface area contributed by atoms with Crippen LogP contribution in [0.15, 0.2) is 18.5 Å². The van der Waals surface area contributed by atoms with Crippen molar-refractivity contribution in [3.8, 4) is 0 Å². The van der Waals surface area contributed by atoms with Crippen LogP contribution in [0.3, 0.4) is 0 Å². The molecule has 0 bridgehead atoms. The zero-order valence-corrected chi connectivity index (χ0v) is 14.9. The molecule has 0 radical (unpaired) electrons. The lowest BCUT2D eigenvalue weighted by Crippen LogP contribution is -2.39. The first kappa shape index (κ1) is 18.0. The first-order valence-corrected chi connectivity index (χ1v) is 8.18. The van der Waals surface area contributed by atoms with Crippen molar-refractivity contribution in [1.82, 2.24) is 19.6 Å². The zero-order valence-electron chi connectivity index (χ0n) is 14.9. The van der Waals surface area contributed by atoms with Crippen molar-refractivity contribution < 1.29 is 14.3 Å². The Labute approximate surface area is 142 Å². The molecule has 0 spiro atoms. The fourth-order valence-corrected chi connectivity index (χ4v) is 2.45. The highest BCUT2D eigenvalue weighted by Crippen LogP contribution is 2.12. The first-order valence-electron chi connectivity index (χ1n) is 8.18. The highest BCUT2D eigenvalue weighted by atomic mass is 16.6.